The van der Waals surface area contributed by atoms with Gasteiger partial charge in [-0.25, -0.2) is 4.79 Å². The average molecular weight is 497 g/mol. The summed E-state index contributed by atoms with van der Waals surface area (Å²) in [6.07, 6.45) is 4.15. The Balaban J connectivity index is 1.36. The molecule has 1 fully saturated rings. The van der Waals surface area contributed by atoms with Crippen molar-refractivity contribution in [3.05, 3.63) is 59.7 Å². The van der Waals surface area contributed by atoms with Gasteiger partial charge >= 0.3 is 12.1 Å². The number of benzene rings is 2. The van der Waals surface area contributed by atoms with Crippen molar-refractivity contribution in [3.8, 4) is 11.1 Å². The summed E-state index contributed by atoms with van der Waals surface area (Å²) in [6, 6.07) is 16.3. The number of thioether (sulfide) groups is 1. The van der Waals surface area contributed by atoms with Crippen LogP contribution in [0.3, 0.4) is 0 Å². The van der Waals surface area contributed by atoms with E-state index in [-0.39, 0.29) is 31.5 Å². The van der Waals surface area contributed by atoms with Crippen molar-refractivity contribution in [2.24, 2.45) is 11.8 Å². The third-order valence-electron chi connectivity index (χ3n) is 6.70. The number of carboxylic acid groups (broad SMARTS) is 1. The van der Waals surface area contributed by atoms with Gasteiger partial charge in [-0.1, -0.05) is 61.4 Å². The highest BCUT2D eigenvalue weighted by atomic mass is 32.2. The second-order valence-corrected chi connectivity index (χ2v) is 10.2. The summed E-state index contributed by atoms with van der Waals surface area (Å²) in [7, 11) is 0. The molecule has 7 nitrogen and oxygen atoms in total. The van der Waals surface area contributed by atoms with Crippen LogP contribution >= 0.6 is 11.8 Å². The van der Waals surface area contributed by atoms with Crippen molar-refractivity contribution >= 4 is 29.7 Å². The summed E-state index contributed by atoms with van der Waals surface area (Å²) in [6.45, 7) is 0.394. The number of carbonyl (C=O) groups is 3. The Kier molecular flexibility index (Phi) is 8.33. The number of hydrogen-bond acceptors (Lipinski definition) is 5. The van der Waals surface area contributed by atoms with E-state index in [0.717, 1.165) is 35.1 Å². The number of ether oxygens (including phenoxy) is 1. The smallest absolute Gasteiger partial charge is 0.407 e. The van der Waals surface area contributed by atoms with Crippen LogP contribution in [-0.2, 0) is 14.3 Å². The lowest BCUT2D eigenvalue weighted by molar-refractivity contribution is -0.146. The van der Waals surface area contributed by atoms with Crippen molar-refractivity contribution in [2.75, 3.05) is 38.2 Å². The Morgan fingerprint density at radius 3 is 2.29 bits per heavy atom. The van der Waals surface area contributed by atoms with Crippen LogP contribution in [0.2, 0.25) is 0 Å². The summed E-state index contributed by atoms with van der Waals surface area (Å²) in [5, 5.41) is 12.0. The molecule has 1 atom stereocenters. The molecule has 1 saturated carbocycles. The van der Waals surface area contributed by atoms with Crippen LogP contribution in [0.15, 0.2) is 48.5 Å². The molecule has 0 bridgehead atoms. The van der Waals surface area contributed by atoms with Crippen LogP contribution in [0.4, 0.5) is 4.79 Å². The first-order chi connectivity index (χ1) is 17.0. The zero-order chi connectivity index (χ0) is 24.8. The summed E-state index contributed by atoms with van der Waals surface area (Å²) in [5.41, 5.74) is 4.61. The Hall–Kier alpha value is -3.00. The number of alkyl carbamates (subject to hydrolysis) is 1. The van der Waals surface area contributed by atoms with E-state index >= 15 is 0 Å². The minimum Gasteiger partial charge on any atom is -0.480 e. The first-order valence-corrected chi connectivity index (χ1v) is 13.5. The van der Waals surface area contributed by atoms with Gasteiger partial charge in [0.05, 0.1) is 5.92 Å². The quantitative estimate of drug-likeness (QED) is 0.457. The Morgan fingerprint density at radius 1 is 1.09 bits per heavy atom. The summed E-state index contributed by atoms with van der Waals surface area (Å²) in [4.78, 5) is 38.5. The summed E-state index contributed by atoms with van der Waals surface area (Å²) in [5.74, 6) is -0.615. The number of hydrogen-bond donors (Lipinski definition) is 2. The van der Waals surface area contributed by atoms with Gasteiger partial charge in [0.15, 0.2) is 0 Å². The van der Waals surface area contributed by atoms with Crippen molar-refractivity contribution < 1.29 is 24.2 Å². The first-order valence-electron chi connectivity index (χ1n) is 12.1. The largest absolute Gasteiger partial charge is 0.480 e. The molecule has 0 spiro atoms. The molecule has 4 rings (SSSR count). The molecule has 0 heterocycles. The number of fused-ring (bicyclic) bond motifs is 3. The van der Waals surface area contributed by atoms with Crippen LogP contribution in [0.1, 0.15) is 36.3 Å². The van der Waals surface area contributed by atoms with Crippen molar-refractivity contribution in [1.29, 1.82) is 0 Å². The lowest BCUT2D eigenvalue weighted by atomic mass is 9.98. The maximum atomic E-state index is 13.2. The zero-order valence-electron chi connectivity index (χ0n) is 19.9. The molecule has 2 amide bonds. The Labute approximate surface area is 210 Å². The number of amides is 2. The standard InChI is InChI=1S/C27H32N2O5S/c1-35-13-12-29(16-25(30)31)26(32)19(14-18-10-11-18)15-28-27(33)34-17-24-22-8-4-2-6-20(22)21-7-3-5-9-23(21)24/h2-9,18-19,24H,10-17H2,1H3,(H,28,33)(H,30,31). The van der Waals surface area contributed by atoms with Crippen LogP contribution in [0.25, 0.3) is 11.1 Å². The molecular weight excluding hydrogens is 464 g/mol. The van der Waals surface area contributed by atoms with Gasteiger partial charge in [-0.15, -0.1) is 0 Å². The molecule has 1 unspecified atom stereocenters. The van der Waals surface area contributed by atoms with E-state index < -0.39 is 18.0 Å². The first kappa shape index (κ1) is 25.1. The van der Waals surface area contributed by atoms with Crippen LogP contribution < -0.4 is 5.32 Å². The molecule has 0 saturated heterocycles. The van der Waals surface area contributed by atoms with E-state index in [1.807, 2.05) is 30.5 Å². The van der Waals surface area contributed by atoms with Crippen LogP contribution in [-0.4, -0.2) is 66.2 Å². The highest BCUT2D eigenvalue weighted by Crippen LogP contribution is 2.44. The minimum absolute atomic E-state index is 0.0327. The van der Waals surface area contributed by atoms with Gasteiger partial charge in [0.2, 0.25) is 5.91 Å². The predicted molar refractivity (Wildman–Crippen MR) is 137 cm³/mol. The van der Waals surface area contributed by atoms with Gasteiger partial charge in [0.25, 0.3) is 0 Å². The summed E-state index contributed by atoms with van der Waals surface area (Å²) < 4.78 is 5.61. The molecule has 2 aliphatic rings. The SMILES string of the molecule is CSCCN(CC(=O)O)C(=O)C(CNC(=O)OCC1c2ccccc2-c2ccccc21)CC1CC1. The number of rotatable bonds is 12. The van der Waals surface area contributed by atoms with Crippen LogP contribution in [0, 0.1) is 11.8 Å². The number of nitrogens with one attached hydrogen (secondary N) is 1. The fourth-order valence-electron chi connectivity index (χ4n) is 4.77. The normalized spacial score (nSPS) is 15.1. The lowest BCUT2D eigenvalue weighted by Gasteiger charge is -2.26. The van der Waals surface area contributed by atoms with Crippen molar-refractivity contribution in [1.82, 2.24) is 10.2 Å². The van der Waals surface area contributed by atoms with Crippen LogP contribution in [0.5, 0.6) is 0 Å². The predicted octanol–water partition coefficient (Wildman–Crippen LogP) is 4.22. The third-order valence-corrected chi connectivity index (χ3v) is 7.29. The molecule has 0 radical (unpaired) electrons. The third kappa shape index (κ3) is 6.36. The van der Waals surface area contributed by atoms with Gasteiger partial charge < -0.3 is 20.1 Å². The Bertz CT molecular complexity index is 1030. The number of aliphatic carboxylic acids is 1. The average Bonchev–Trinajstić information content (AvgIpc) is 3.63. The summed E-state index contributed by atoms with van der Waals surface area (Å²) >= 11 is 1.56. The fourth-order valence-corrected chi connectivity index (χ4v) is 5.18. The molecule has 2 aromatic rings. The van der Waals surface area contributed by atoms with Crippen molar-refractivity contribution in [3.63, 3.8) is 0 Å². The number of carbonyl (C=O) groups excluding carboxylic acids is 2. The maximum absolute atomic E-state index is 13.2. The van der Waals surface area contributed by atoms with Gasteiger partial charge in [0, 0.05) is 24.8 Å². The molecule has 186 valence electrons. The molecule has 2 N–H and O–H groups in total. The van der Waals surface area contributed by atoms with E-state index in [2.05, 4.69) is 29.6 Å². The minimum atomic E-state index is -1.03. The van der Waals surface area contributed by atoms with E-state index in [1.54, 1.807) is 11.8 Å². The van der Waals surface area contributed by atoms with E-state index in [1.165, 1.54) is 4.90 Å². The molecule has 0 aliphatic heterocycles. The Morgan fingerprint density at radius 2 is 1.71 bits per heavy atom. The van der Waals surface area contributed by atoms with Gasteiger partial charge in [-0.3, -0.25) is 9.59 Å². The van der Waals surface area contributed by atoms with Gasteiger partial charge in [-0.05, 0) is 40.8 Å². The fraction of sp³-hybridized carbons (Fsp3) is 0.444. The molecule has 0 aromatic heterocycles. The molecular formula is C27H32N2O5S. The van der Waals surface area contributed by atoms with E-state index in [9.17, 15) is 19.5 Å². The maximum Gasteiger partial charge on any atom is 0.407 e. The molecule has 2 aliphatic carbocycles. The number of nitrogens with zero attached hydrogens (tertiary/aromatic N) is 1. The topological polar surface area (TPSA) is 95.9 Å². The monoisotopic (exact) mass is 496 g/mol. The van der Waals surface area contributed by atoms with Gasteiger partial charge in [0.1, 0.15) is 13.2 Å². The van der Waals surface area contributed by atoms with Crippen molar-refractivity contribution in [2.45, 2.75) is 25.2 Å². The zero-order valence-corrected chi connectivity index (χ0v) is 20.8. The van der Waals surface area contributed by atoms with E-state index in [0.29, 0.717) is 24.6 Å². The second kappa shape index (κ2) is 11.6. The lowest BCUT2D eigenvalue weighted by Crippen LogP contribution is -2.45. The number of carboxylic acids is 1. The van der Waals surface area contributed by atoms with Gasteiger partial charge in [-0.2, -0.15) is 11.8 Å². The molecule has 35 heavy (non-hydrogen) atoms. The molecule has 8 heteroatoms. The second-order valence-electron chi connectivity index (χ2n) is 9.23. The van der Waals surface area contributed by atoms with E-state index in [4.69, 9.17) is 4.74 Å². The highest BCUT2D eigenvalue weighted by Gasteiger charge is 2.33. The molecule has 2 aromatic carbocycles. The highest BCUT2D eigenvalue weighted by molar-refractivity contribution is 7.98.